The number of aromatic nitrogens is 2. The minimum absolute atomic E-state index is 0.0910. The minimum atomic E-state index is -0.164. The molecule has 0 radical (unpaired) electrons. The maximum Gasteiger partial charge on any atom is 0.255 e. The largest absolute Gasteiger partial charge is 0.350 e. The second-order valence-electron chi connectivity index (χ2n) is 9.41. The second-order valence-corrected chi connectivity index (χ2v) is 10.2. The van der Waals surface area contributed by atoms with Crippen LogP contribution < -0.4 is 16.2 Å². The van der Waals surface area contributed by atoms with Gasteiger partial charge < -0.3 is 10.2 Å². The maximum atomic E-state index is 12.9. The molecule has 39 heavy (non-hydrogen) atoms. The zero-order chi connectivity index (χ0) is 27.2. The molecule has 0 unspecified atom stereocenters. The number of nitrogens with zero attached hydrogens (tertiary/aromatic N) is 3. The molecule has 9 heteroatoms. The molecular formula is C30H29ClN6OS. The Hall–Kier alpha value is -4.01. The summed E-state index contributed by atoms with van der Waals surface area (Å²) in [6.45, 7) is 0.530. The number of hydrazine groups is 1. The van der Waals surface area contributed by atoms with Crippen LogP contribution in [0, 0.1) is 0 Å². The number of likely N-dealkylation sites (N-methyl/N-ethyl adjacent to an activating group) is 1. The van der Waals surface area contributed by atoms with Crippen molar-refractivity contribution in [2.75, 3.05) is 19.0 Å². The molecule has 0 saturated heterocycles. The molecule has 0 saturated carbocycles. The summed E-state index contributed by atoms with van der Waals surface area (Å²) in [5, 5.41) is 4.16. The van der Waals surface area contributed by atoms with Crippen molar-refractivity contribution in [3.05, 3.63) is 124 Å². The first-order valence-electron chi connectivity index (χ1n) is 12.8. The Morgan fingerprint density at radius 1 is 1.00 bits per heavy atom. The van der Waals surface area contributed by atoms with Crippen LogP contribution in [0.1, 0.15) is 44.3 Å². The van der Waals surface area contributed by atoms with Crippen molar-refractivity contribution in [3.8, 4) is 0 Å². The lowest BCUT2D eigenvalue weighted by molar-refractivity contribution is 0.0796. The van der Waals surface area contributed by atoms with E-state index in [-0.39, 0.29) is 11.9 Å². The number of thiocarbonyl (C=S) groups is 1. The second kappa shape index (κ2) is 12.2. The van der Waals surface area contributed by atoms with Gasteiger partial charge in [0.25, 0.3) is 5.91 Å². The Bertz CT molecular complexity index is 1430. The van der Waals surface area contributed by atoms with Crippen LogP contribution in [0.15, 0.2) is 85.2 Å². The van der Waals surface area contributed by atoms with E-state index in [4.69, 9.17) is 23.8 Å². The molecular weight excluding hydrogens is 528 g/mol. The quantitative estimate of drug-likeness (QED) is 0.215. The molecule has 2 heterocycles. The average Bonchev–Trinajstić information content (AvgIpc) is 3.12. The fourth-order valence-electron chi connectivity index (χ4n) is 4.76. The molecule has 198 valence electrons. The third kappa shape index (κ3) is 6.35. The Morgan fingerprint density at radius 2 is 1.67 bits per heavy atom. The molecule has 0 fully saturated rings. The van der Waals surface area contributed by atoms with Crippen molar-refractivity contribution in [1.29, 1.82) is 0 Å². The predicted molar refractivity (Wildman–Crippen MR) is 159 cm³/mol. The molecule has 5 rings (SSSR count). The van der Waals surface area contributed by atoms with Gasteiger partial charge in [0.15, 0.2) is 10.9 Å². The van der Waals surface area contributed by atoms with E-state index < -0.39 is 0 Å². The maximum absolute atomic E-state index is 12.9. The van der Waals surface area contributed by atoms with Crippen molar-refractivity contribution < 1.29 is 4.79 Å². The van der Waals surface area contributed by atoms with E-state index in [1.54, 1.807) is 24.2 Å². The first-order valence-corrected chi connectivity index (χ1v) is 13.6. The number of hydrogen-bond acceptors (Lipinski definition) is 5. The van der Waals surface area contributed by atoms with Crippen LogP contribution >= 0.6 is 23.8 Å². The van der Waals surface area contributed by atoms with E-state index >= 15 is 0 Å². The minimum Gasteiger partial charge on any atom is -0.350 e. The molecule has 4 aromatic rings. The van der Waals surface area contributed by atoms with Gasteiger partial charge in [-0.25, -0.2) is 4.98 Å². The summed E-state index contributed by atoms with van der Waals surface area (Å²) in [6.07, 6.45) is 5.87. The fourth-order valence-corrected chi connectivity index (χ4v) is 5.14. The van der Waals surface area contributed by atoms with Gasteiger partial charge in [0.2, 0.25) is 0 Å². The summed E-state index contributed by atoms with van der Waals surface area (Å²) in [4.78, 5) is 23.2. The highest BCUT2D eigenvalue weighted by atomic mass is 35.5. The van der Waals surface area contributed by atoms with Crippen LogP contribution in [0.25, 0.3) is 0 Å². The summed E-state index contributed by atoms with van der Waals surface area (Å²) in [7, 11) is 1.75. The smallest absolute Gasteiger partial charge is 0.255 e. The summed E-state index contributed by atoms with van der Waals surface area (Å²) in [5.41, 5.74) is 12.3. The van der Waals surface area contributed by atoms with Gasteiger partial charge >= 0.3 is 0 Å². The highest BCUT2D eigenvalue weighted by molar-refractivity contribution is 7.80. The number of fused-ring (bicyclic) bond motifs is 2. The van der Waals surface area contributed by atoms with Crippen LogP contribution in [0.3, 0.4) is 0 Å². The lowest BCUT2D eigenvalue weighted by Crippen LogP contribution is -2.41. The van der Waals surface area contributed by atoms with Crippen LogP contribution in [0.5, 0.6) is 0 Å². The van der Waals surface area contributed by atoms with Crippen molar-refractivity contribution in [1.82, 2.24) is 25.6 Å². The van der Waals surface area contributed by atoms with Crippen LogP contribution in [0.4, 0.5) is 5.82 Å². The summed E-state index contributed by atoms with van der Waals surface area (Å²) in [5.74, 6) is 0.206. The zero-order valence-corrected chi connectivity index (χ0v) is 23.1. The summed E-state index contributed by atoms with van der Waals surface area (Å²) >= 11 is 12.1. The highest BCUT2D eigenvalue weighted by Crippen LogP contribution is 2.32. The molecule has 3 N–H and O–H groups in total. The number of anilines is 1. The van der Waals surface area contributed by atoms with Crippen molar-refractivity contribution in [3.63, 3.8) is 0 Å². The van der Waals surface area contributed by atoms with Gasteiger partial charge in [0.05, 0.1) is 16.6 Å². The van der Waals surface area contributed by atoms with E-state index in [1.807, 2.05) is 18.2 Å². The van der Waals surface area contributed by atoms with E-state index in [0.717, 1.165) is 18.5 Å². The molecule has 1 aliphatic rings. The SMILES string of the molecule is CN(CCc1ccccn1)C(=O)c1cnc(NNC(=S)NC2c3ccccc3CCc3ccccc32)c(Cl)c1. The van der Waals surface area contributed by atoms with Gasteiger partial charge in [-0.1, -0.05) is 66.2 Å². The molecule has 0 spiro atoms. The van der Waals surface area contributed by atoms with Crippen LogP contribution in [-0.2, 0) is 19.3 Å². The van der Waals surface area contributed by atoms with Gasteiger partial charge in [-0.15, -0.1) is 0 Å². The van der Waals surface area contributed by atoms with Gasteiger partial charge in [-0.2, -0.15) is 0 Å². The molecule has 2 aromatic carbocycles. The zero-order valence-electron chi connectivity index (χ0n) is 21.5. The highest BCUT2D eigenvalue weighted by Gasteiger charge is 2.24. The number of benzene rings is 2. The number of amides is 1. The third-order valence-corrected chi connectivity index (χ3v) is 7.34. The van der Waals surface area contributed by atoms with Gasteiger partial charge in [-0.3, -0.25) is 20.6 Å². The lowest BCUT2D eigenvalue weighted by atomic mass is 9.95. The molecule has 7 nitrogen and oxygen atoms in total. The molecule has 2 aromatic heterocycles. The predicted octanol–water partition coefficient (Wildman–Crippen LogP) is 5.12. The standard InChI is InChI=1S/C30H29ClN6OS/c1-37(17-15-23-10-6-7-16-32-23)29(38)22-18-26(31)28(33-19-22)35-36-30(39)34-27-24-11-4-2-8-20(24)13-14-21-9-3-5-12-25(21)27/h2-12,16,18-19,27H,13-15,17H2,1H3,(H,33,35)(H2,34,36,39). The monoisotopic (exact) mass is 556 g/mol. The lowest BCUT2D eigenvalue weighted by Gasteiger charge is -2.24. The number of aryl methyl sites for hydroxylation is 2. The Labute approximate surface area is 238 Å². The molecule has 0 atom stereocenters. The fraction of sp³-hybridized carbons (Fsp3) is 0.200. The first kappa shape index (κ1) is 26.6. The van der Waals surface area contributed by atoms with E-state index in [2.05, 4.69) is 74.7 Å². The first-order chi connectivity index (χ1) is 19.0. The number of hydrogen-bond donors (Lipinski definition) is 3. The summed E-state index contributed by atoms with van der Waals surface area (Å²) in [6, 6.07) is 24.2. The van der Waals surface area contributed by atoms with Crippen LogP contribution in [-0.4, -0.2) is 39.5 Å². The Morgan fingerprint density at radius 3 is 2.31 bits per heavy atom. The topological polar surface area (TPSA) is 82.2 Å². The van der Waals surface area contributed by atoms with E-state index in [0.29, 0.717) is 34.5 Å². The number of carbonyl (C=O) groups is 1. The summed E-state index contributed by atoms with van der Waals surface area (Å²) < 4.78 is 0. The van der Waals surface area contributed by atoms with Gasteiger partial charge in [0, 0.05) is 38.1 Å². The van der Waals surface area contributed by atoms with Gasteiger partial charge in [-0.05, 0) is 65.5 Å². The van der Waals surface area contributed by atoms with E-state index in [1.165, 1.54) is 28.5 Å². The Kier molecular flexibility index (Phi) is 8.34. The number of carbonyl (C=O) groups excluding carboxylic acids is 1. The molecule has 1 amide bonds. The van der Waals surface area contributed by atoms with Crippen molar-refractivity contribution in [2.45, 2.75) is 25.3 Å². The number of halogens is 1. The van der Waals surface area contributed by atoms with Crippen LogP contribution in [0.2, 0.25) is 5.02 Å². The number of rotatable bonds is 7. The number of nitrogens with one attached hydrogen (secondary N) is 3. The Balaban J connectivity index is 1.22. The average molecular weight is 557 g/mol. The van der Waals surface area contributed by atoms with Crippen molar-refractivity contribution in [2.24, 2.45) is 0 Å². The van der Waals surface area contributed by atoms with Gasteiger partial charge in [0.1, 0.15) is 0 Å². The van der Waals surface area contributed by atoms with E-state index in [9.17, 15) is 4.79 Å². The van der Waals surface area contributed by atoms with Crippen molar-refractivity contribution >= 4 is 40.7 Å². The third-order valence-electron chi connectivity index (χ3n) is 6.83. The molecule has 0 bridgehead atoms. The molecule has 0 aliphatic heterocycles. The molecule has 1 aliphatic carbocycles. The normalized spacial score (nSPS) is 12.5. The number of pyridine rings is 2.